The molecule has 2 aliphatic rings. The Morgan fingerprint density at radius 2 is 2.05 bits per heavy atom. The van der Waals surface area contributed by atoms with Crippen molar-refractivity contribution >= 4 is 5.97 Å². The first-order valence-corrected chi connectivity index (χ1v) is 7.82. The van der Waals surface area contributed by atoms with Crippen LogP contribution in [0.15, 0.2) is 11.1 Å². The number of carbonyl (C=O) groups is 1. The van der Waals surface area contributed by atoms with E-state index in [4.69, 9.17) is 4.74 Å². The number of carbonyl (C=O) groups excluding carboxylic acids is 1. The largest absolute Gasteiger partial charge is 0.458 e. The van der Waals surface area contributed by atoms with Gasteiger partial charge in [0, 0.05) is 18.3 Å². The summed E-state index contributed by atoms with van der Waals surface area (Å²) in [6.07, 6.45) is 3.27. The van der Waals surface area contributed by atoms with Gasteiger partial charge in [-0.3, -0.25) is 4.79 Å². The van der Waals surface area contributed by atoms with Crippen molar-refractivity contribution in [3.8, 4) is 0 Å². The number of hydrogen-bond donors (Lipinski definition) is 1. The van der Waals surface area contributed by atoms with Crippen LogP contribution in [0.2, 0.25) is 0 Å². The van der Waals surface area contributed by atoms with Crippen LogP contribution in [-0.4, -0.2) is 23.3 Å². The first kappa shape index (κ1) is 15.6. The zero-order valence-corrected chi connectivity index (χ0v) is 13.4. The summed E-state index contributed by atoms with van der Waals surface area (Å²) in [4.78, 5) is 11.5. The SMILES string of the molecule is CC(=O)OC1C2=C(C)CCC(O)C2(C)CCC1C(C)C. The molecular formula is C17H28O3. The van der Waals surface area contributed by atoms with Gasteiger partial charge < -0.3 is 9.84 Å². The maximum absolute atomic E-state index is 11.5. The molecule has 0 spiro atoms. The van der Waals surface area contributed by atoms with Crippen molar-refractivity contribution in [1.29, 1.82) is 0 Å². The van der Waals surface area contributed by atoms with Crippen molar-refractivity contribution in [3.05, 3.63) is 11.1 Å². The second-order valence-electron chi connectivity index (χ2n) is 7.14. The highest BCUT2D eigenvalue weighted by atomic mass is 16.5. The number of aliphatic hydroxyl groups excluding tert-OH is 1. The number of esters is 1. The summed E-state index contributed by atoms with van der Waals surface area (Å²) in [5, 5.41) is 10.5. The maximum atomic E-state index is 11.5. The molecule has 1 fully saturated rings. The summed E-state index contributed by atoms with van der Waals surface area (Å²) in [6, 6.07) is 0. The first-order valence-electron chi connectivity index (χ1n) is 7.82. The molecule has 0 heterocycles. The van der Waals surface area contributed by atoms with Crippen molar-refractivity contribution in [2.24, 2.45) is 17.3 Å². The molecule has 0 saturated heterocycles. The topological polar surface area (TPSA) is 46.5 Å². The van der Waals surface area contributed by atoms with E-state index in [2.05, 4.69) is 27.7 Å². The molecule has 4 unspecified atom stereocenters. The predicted molar refractivity (Wildman–Crippen MR) is 79.2 cm³/mol. The Morgan fingerprint density at radius 3 is 2.60 bits per heavy atom. The van der Waals surface area contributed by atoms with Crippen molar-refractivity contribution in [3.63, 3.8) is 0 Å². The maximum Gasteiger partial charge on any atom is 0.303 e. The zero-order chi connectivity index (χ0) is 15.1. The Bertz CT molecular complexity index is 424. The molecular weight excluding hydrogens is 252 g/mol. The number of rotatable bonds is 2. The summed E-state index contributed by atoms with van der Waals surface area (Å²) in [7, 11) is 0. The minimum absolute atomic E-state index is 0.152. The summed E-state index contributed by atoms with van der Waals surface area (Å²) < 4.78 is 5.71. The van der Waals surface area contributed by atoms with Crippen LogP contribution in [0.5, 0.6) is 0 Å². The molecule has 0 bridgehead atoms. The second kappa shape index (κ2) is 5.51. The van der Waals surface area contributed by atoms with Gasteiger partial charge in [0.25, 0.3) is 0 Å². The monoisotopic (exact) mass is 280 g/mol. The summed E-state index contributed by atoms with van der Waals surface area (Å²) >= 11 is 0. The third-order valence-electron chi connectivity index (χ3n) is 5.42. The minimum atomic E-state index is -0.313. The minimum Gasteiger partial charge on any atom is -0.458 e. The number of allylic oxidation sites excluding steroid dienone is 1. The van der Waals surface area contributed by atoms with Gasteiger partial charge in [-0.2, -0.15) is 0 Å². The van der Waals surface area contributed by atoms with E-state index in [1.807, 2.05) is 0 Å². The molecule has 1 saturated carbocycles. The van der Waals surface area contributed by atoms with Gasteiger partial charge in [-0.1, -0.05) is 26.3 Å². The zero-order valence-electron chi connectivity index (χ0n) is 13.4. The van der Waals surface area contributed by atoms with Crippen LogP contribution in [0, 0.1) is 17.3 Å². The van der Waals surface area contributed by atoms with Crippen LogP contribution in [0.3, 0.4) is 0 Å². The van der Waals surface area contributed by atoms with Gasteiger partial charge in [-0.15, -0.1) is 0 Å². The van der Waals surface area contributed by atoms with E-state index in [9.17, 15) is 9.90 Å². The van der Waals surface area contributed by atoms with Gasteiger partial charge in [0.15, 0.2) is 0 Å². The molecule has 2 aliphatic carbocycles. The molecule has 0 aliphatic heterocycles. The third-order valence-corrected chi connectivity index (χ3v) is 5.42. The predicted octanol–water partition coefficient (Wildman–Crippen LogP) is 3.46. The summed E-state index contributed by atoms with van der Waals surface area (Å²) in [5.41, 5.74) is 2.30. The van der Waals surface area contributed by atoms with Gasteiger partial charge in [-0.05, 0) is 44.1 Å². The summed E-state index contributed by atoms with van der Waals surface area (Å²) in [5.74, 6) is 0.621. The lowest BCUT2D eigenvalue weighted by Crippen LogP contribution is -2.50. The highest BCUT2D eigenvalue weighted by Crippen LogP contribution is 2.53. The van der Waals surface area contributed by atoms with Crippen LogP contribution < -0.4 is 0 Å². The Kier molecular flexibility index (Phi) is 4.29. The van der Waals surface area contributed by atoms with Gasteiger partial charge >= 0.3 is 5.97 Å². The lowest BCUT2D eigenvalue weighted by molar-refractivity contribution is -0.151. The average molecular weight is 280 g/mol. The van der Waals surface area contributed by atoms with Gasteiger partial charge in [-0.25, -0.2) is 0 Å². The van der Waals surface area contributed by atoms with Gasteiger partial charge in [0.05, 0.1) is 6.10 Å². The van der Waals surface area contributed by atoms with E-state index in [1.165, 1.54) is 18.1 Å². The molecule has 0 aromatic heterocycles. The third kappa shape index (κ3) is 2.52. The Balaban J connectivity index is 2.45. The van der Waals surface area contributed by atoms with E-state index in [0.717, 1.165) is 25.7 Å². The highest BCUT2D eigenvalue weighted by molar-refractivity contribution is 5.66. The van der Waals surface area contributed by atoms with E-state index < -0.39 is 0 Å². The fourth-order valence-electron chi connectivity index (χ4n) is 4.18. The Morgan fingerprint density at radius 1 is 1.40 bits per heavy atom. The van der Waals surface area contributed by atoms with E-state index in [1.54, 1.807) is 0 Å². The van der Waals surface area contributed by atoms with Crippen LogP contribution in [-0.2, 0) is 9.53 Å². The fraction of sp³-hybridized carbons (Fsp3) is 0.824. The molecule has 0 aromatic rings. The number of fused-ring (bicyclic) bond motifs is 1. The van der Waals surface area contributed by atoms with Crippen molar-refractivity contribution in [1.82, 2.24) is 0 Å². The smallest absolute Gasteiger partial charge is 0.303 e. The van der Waals surface area contributed by atoms with Crippen molar-refractivity contribution in [2.75, 3.05) is 0 Å². The molecule has 0 amide bonds. The van der Waals surface area contributed by atoms with Crippen molar-refractivity contribution in [2.45, 2.75) is 72.5 Å². The fourth-order valence-corrected chi connectivity index (χ4v) is 4.18. The van der Waals surface area contributed by atoms with Crippen LogP contribution in [0.1, 0.15) is 60.3 Å². The molecule has 2 rings (SSSR count). The standard InChI is InChI=1S/C17H28O3/c1-10(2)13-8-9-17(5)14(19)7-6-11(3)15(17)16(13)20-12(4)18/h10,13-14,16,19H,6-9H2,1-5H3. The molecule has 114 valence electrons. The molecule has 4 atom stereocenters. The van der Waals surface area contributed by atoms with Crippen LogP contribution >= 0.6 is 0 Å². The molecule has 3 nitrogen and oxygen atoms in total. The molecule has 1 N–H and O–H groups in total. The number of ether oxygens (including phenoxy) is 1. The molecule has 0 aromatic carbocycles. The molecule has 3 heteroatoms. The Labute approximate surface area is 122 Å². The van der Waals surface area contributed by atoms with E-state index >= 15 is 0 Å². The molecule has 0 radical (unpaired) electrons. The van der Waals surface area contributed by atoms with E-state index in [0.29, 0.717) is 11.8 Å². The molecule has 20 heavy (non-hydrogen) atoms. The average Bonchev–Trinajstić information content (AvgIpc) is 2.33. The number of hydrogen-bond acceptors (Lipinski definition) is 3. The quantitative estimate of drug-likeness (QED) is 0.622. The van der Waals surface area contributed by atoms with Crippen LogP contribution in [0.4, 0.5) is 0 Å². The second-order valence-corrected chi connectivity index (χ2v) is 7.14. The van der Waals surface area contributed by atoms with Crippen molar-refractivity contribution < 1.29 is 14.6 Å². The van der Waals surface area contributed by atoms with E-state index in [-0.39, 0.29) is 23.6 Å². The van der Waals surface area contributed by atoms with Gasteiger partial charge in [0.1, 0.15) is 6.10 Å². The highest BCUT2D eigenvalue weighted by Gasteiger charge is 2.50. The van der Waals surface area contributed by atoms with Gasteiger partial charge in [0.2, 0.25) is 0 Å². The summed E-state index contributed by atoms with van der Waals surface area (Å²) in [6.45, 7) is 10.2. The van der Waals surface area contributed by atoms with Crippen LogP contribution in [0.25, 0.3) is 0 Å². The number of aliphatic hydroxyl groups is 1. The lowest BCUT2D eigenvalue weighted by Gasteiger charge is -2.51. The first-order chi connectivity index (χ1) is 9.27. The Hall–Kier alpha value is -0.830. The lowest BCUT2D eigenvalue weighted by atomic mass is 9.57. The normalized spacial score (nSPS) is 37.9.